The third-order valence-corrected chi connectivity index (χ3v) is 5.79. The van der Waals surface area contributed by atoms with Crippen molar-refractivity contribution in [1.82, 2.24) is 10.0 Å². The van der Waals surface area contributed by atoms with Crippen molar-refractivity contribution in [3.8, 4) is 0 Å². The number of hydrogen-bond acceptors (Lipinski definition) is 4. The highest BCUT2D eigenvalue weighted by Crippen LogP contribution is 2.22. The Morgan fingerprint density at radius 1 is 1.17 bits per heavy atom. The van der Waals surface area contributed by atoms with Crippen molar-refractivity contribution in [3.63, 3.8) is 0 Å². The van der Waals surface area contributed by atoms with Crippen LogP contribution in [0, 0.1) is 0 Å². The summed E-state index contributed by atoms with van der Waals surface area (Å²) in [4.78, 5) is 11.9. The zero-order valence-corrected chi connectivity index (χ0v) is 16.7. The van der Waals surface area contributed by atoms with Crippen LogP contribution in [0.5, 0.6) is 0 Å². The zero-order chi connectivity index (χ0) is 18.4. The van der Waals surface area contributed by atoms with Gasteiger partial charge in [-0.2, -0.15) is 0 Å². The lowest BCUT2D eigenvalue weighted by atomic mass is 10.1. The van der Waals surface area contributed by atoms with E-state index in [4.69, 9.17) is 0 Å². The monoisotopic (exact) mass is 372 g/mol. The molecule has 1 amide bonds. The quantitative estimate of drug-likeness (QED) is 0.736. The lowest BCUT2D eigenvalue weighted by molar-refractivity contribution is -0.118. The van der Waals surface area contributed by atoms with E-state index in [2.05, 4.69) is 30.8 Å². The molecule has 0 spiro atoms. The molecule has 0 saturated carbocycles. The maximum atomic E-state index is 12.1. The van der Waals surface area contributed by atoms with Crippen molar-refractivity contribution in [2.75, 3.05) is 5.75 Å². The highest BCUT2D eigenvalue weighted by atomic mass is 32.2. The van der Waals surface area contributed by atoms with Gasteiger partial charge in [0.25, 0.3) is 0 Å². The van der Waals surface area contributed by atoms with Crippen molar-refractivity contribution < 1.29 is 13.2 Å². The van der Waals surface area contributed by atoms with Gasteiger partial charge in [-0.1, -0.05) is 45.0 Å². The van der Waals surface area contributed by atoms with E-state index in [1.54, 1.807) is 37.7 Å². The number of hydrogen-bond donors (Lipinski definition) is 2. The number of carbonyl (C=O) groups is 1. The molecule has 24 heavy (non-hydrogen) atoms. The van der Waals surface area contributed by atoms with Crippen LogP contribution in [0.4, 0.5) is 0 Å². The number of carbonyl (C=O) groups excluding carboxylic acids is 1. The smallest absolute Gasteiger partial charge is 0.230 e. The fourth-order valence-electron chi connectivity index (χ4n) is 2.00. The third-order valence-electron chi connectivity index (χ3n) is 2.99. The maximum absolute atomic E-state index is 12.1. The molecule has 5 nitrogen and oxygen atoms in total. The molecular formula is C17H28N2O3S2. The summed E-state index contributed by atoms with van der Waals surface area (Å²) in [5.74, 6) is 0.250. The standard InChI is InChI=1S/C17H28N2O3S2/c1-13(2)19-24(21,22)12-15-9-7-6-8-14(15)10-18-16(20)11-23-17(3,4)5/h6-9,13,19H,10-12H2,1-5H3,(H,18,20). The molecule has 0 aliphatic carbocycles. The van der Waals surface area contributed by atoms with Crippen LogP contribution in [0.3, 0.4) is 0 Å². The van der Waals surface area contributed by atoms with Crippen LogP contribution < -0.4 is 10.0 Å². The Kier molecular flexibility index (Phi) is 7.76. The third kappa shape index (κ3) is 8.70. The van der Waals surface area contributed by atoms with Gasteiger partial charge in [-0.05, 0) is 25.0 Å². The Hall–Kier alpha value is -1.05. The number of amides is 1. The van der Waals surface area contributed by atoms with Crippen molar-refractivity contribution >= 4 is 27.7 Å². The van der Waals surface area contributed by atoms with E-state index in [0.717, 1.165) is 5.56 Å². The molecule has 1 aromatic rings. The van der Waals surface area contributed by atoms with Gasteiger partial charge in [-0.15, -0.1) is 11.8 Å². The van der Waals surface area contributed by atoms with Crippen molar-refractivity contribution in [2.45, 2.75) is 57.7 Å². The molecule has 2 N–H and O–H groups in total. The SMILES string of the molecule is CC(C)NS(=O)(=O)Cc1ccccc1CNC(=O)CSC(C)(C)C. The predicted octanol–water partition coefficient (Wildman–Crippen LogP) is 2.66. The average molecular weight is 373 g/mol. The molecule has 0 aliphatic rings. The van der Waals surface area contributed by atoms with Crippen LogP contribution in [-0.4, -0.2) is 30.9 Å². The molecule has 0 bridgehead atoms. The van der Waals surface area contributed by atoms with Crippen LogP contribution in [-0.2, 0) is 27.1 Å². The molecule has 0 heterocycles. The molecule has 0 radical (unpaired) electrons. The van der Waals surface area contributed by atoms with Gasteiger partial charge < -0.3 is 5.32 Å². The first-order valence-electron chi connectivity index (χ1n) is 7.96. The number of thioether (sulfide) groups is 1. The summed E-state index contributed by atoms with van der Waals surface area (Å²) < 4.78 is 26.8. The van der Waals surface area contributed by atoms with Crippen LogP contribution >= 0.6 is 11.8 Å². The van der Waals surface area contributed by atoms with E-state index in [1.807, 2.05) is 12.1 Å². The Bertz CT molecular complexity index is 650. The zero-order valence-electron chi connectivity index (χ0n) is 15.0. The summed E-state index contributed by atoms with van der Waals surface area (Å²) in [5.41, 5.74) is 1.52. The van der Waals surface area contributed by atoms with Crippen LogP contribution in [0.1, 0.15) is 45.7 Å². The predicted molar refractivity (Wildman–Crippen MR) is 101 cm³/mol. The Labute approximate surface area is 150 Å². The lowest BCUT2D eigenvalue weighted by Crippen LogP contribution is -2.32. The molecule has 1 aromatic carbocycles. The fourth-order valence-corrected chi connectivity index (χ4v) is 4.16. The van der Waals surface area contributed by atoms with Gasteiger partial charge in [-0.25, -0.2) is 13.1 Å². The molecule has 0 saturated heterocycles. The van der Waals surface area contributed by atoms with Gasteiger partial charge >= 0.3 is 0 Å². The van der Waals surface area contributed by atoms with E-state index >= 15 is 0 Å². The summed E-state index contributed by atoms with van der Waals surface area (Å²) >= 11 is 1.58. The summed E-state index contributed by atoms with van der Waals surface area (Å²) in [6, 6.07) is 7.14. The van der Waals surface area contributed by atoms with E-state index in [1.165, 1.54) is 0 Å². The first-order valence-corrected chi connectivity index (χ1v) is 10.6. The summed E-state index contributed by atoms with van der Waals surface area (Å²) in [6.07, 6.45) is 0. The molecule has 136 valence electrons. The Morgan fingerprint density at radius 2 is 1.75 bits per heavy atom. The molecule has 7 heteroatoms. The second-order valence-corrected chi connectivity index (χ2v) is 10.5. The van der Waals surface area contributed by atoms with Gasteiger partial charge in [0.05, 0.1) is 11.5 Å². The first kappa shape index (κ1) is 21.0. The van der Waals surface area contributed by atoms with Crippen molar-refractivity contribution in [2.24, 2.45) is 0 Å². The molecule has 0 aromatic heterocycles. The highest BCUT2D eigenvalue weighted by Gasteiger charge is 2.16. The molecule has 1 rings (SSSR count). The van der Waals surface area contributed by atoms with E-state index in [-0.39, 0.29) is 22.4 Å². The summed E-state index contributed by atoms with van der Waals surface area (Å²) in [7, 11) is -3.39. The Balaban J connectivity index is 2.69. The largest absolute Gasteiger partial charge is 0.351 e. The van der Waals surface area contributed by atoms with Gasteiger partial charge in [0.1, 0.15) is 0 Å². The van der Waals surface area contributed by atoms with Crippen molar-refractivity contribution in [1.29, 1.82) is 0 Å². The minimum Gasteiger partial charge on any atom is -0.351 e. The van der Waals surface area contributed by atoms with Crippen LogP contribution in [0.2, 0.25) is 0 Å². The van der Waals surface area contributed by atoms with E-state index < -0.39 is 10.0 Å². The average Bonchev–Trinajstić information content (AvgIpc) is 2.41. The molecule has 0 fully saturated rings. The second kappa shape index (κ2) is 8.87. The van der Waals surface area contributed by atoms with Gasteiger partial charge in [0, 0.05) is 17.3 Å². The topological polar surface area (TPSA) is 75.3 Å². The summed E-state index contributed by atoms with van der Waals surface area (Å²) in [5, 5.41) is 2.86. The van der Waals surface area contributed by atoms with Gasteiger partial charge in [-0.3, -0.25) is 4.79 Å². The normalized spacial score (nSPS) is 12.4. The fraction of sp³-hybridized carbons (Fsp3) is 0.588. The molecule has 0 atom stereocenters. The minimum absolute atomic E-state index is 0.0336. The van der Waals surface area contributed by atoms with Crippen LogP contribution in [0.15, 0.2) is 24.3 Å². The molecular weight excluding hydrogens is 344 g/mol. The van der Waals surface area contributed by atoms with Crippen LogP contribution in [0.25, 0.3) is 0 Å². The highest BCUT2D eigenvalue weighted by molar-refractivity contribution is 8.01. The maximum Gasteiger partial charge on any atom is 0.230 e. The van der Waals surface area contributed by atoms with E-state index in [0.29, 0.717) is 17.9 Å². The lowest BCUT2D eigenvalue weighted by Gasteiger charge is -2.17. The number of rotatable bonds is 8. The number of benzene rings is 1. The number of nitrogens with one attached hydrogen (secondary N) is 2. The second-order valence-electron chi connectivity index (χ2n) is 6.98. The molecule has 0 unspecified atom stereocenters. The Morgan fingerprint density at radius 3 is 2.29 bits per heavy atom. The van der Waals surface area contributed by atoms with Crippen molar-refractivity contribution in [3.05, 3.63) is 35.4 Å². The van der Waals surface area contributed by atoms with Gasteiger partial charge in [0.15, 0.2) is 0 Å². The van der Waals surface area contributed by atoms with Gasteiger partial charge in [0.2, 0.25) is 15.9 Å². The molecule has 0 aliphatic heterocycles. The number of sulfonamides is 1. The minimum atomic E-state index is -3.39. The van der Waals surface area contributed by atoms with E-state index in [9.17, 15) is 13.2 Å². The summed E-state index contributed by atoms with van der Waals surface area (Å²) in [6.45, 7) is 10.1. The first-order chi connectivity index (χ1) is 11.0.